The second kappa shape index (κ2) is 6.70. The van der Waals surface area contributed by atoms with Crippen molar-refractivity contribution in [1.29, 1.82) is 0 Å². The molecule has 0 aliphatic carbocycles. The van der Waals surface area contributed by atoms with E-state index >= 15 is 0 Å². The van der Waals surface area contributed by atoms with Gasteiger partial charge in [-0.05, 0) is 46.7 Å². The Kier molecular flexibility index (Phi) is 4.95. The first kappa shape index (κ1) is 14.0. The Bertz CT molecular complexity index is 527. The van der Waals surface area contributed by atoms with Crippen LogP contribution in [0.15, 0.2) is 36.8 Å². The molecule has 0 saturated heterocycles. The molecular formula is C14H17IN4. The van der Waals surface area contributed by atoms with Gasteiger partial charge in [-0.2, -0.15) is 0 Å². The van der Waals surface area contributed by atoms with E-state index in [9.17, 15) is 0 Å². The van der Waals surface area contributed by atoms with Crippen molar-refractivity contribution in [2.24, 2.45) is 0 Å². The van der Waals surface area contributed by atoms with E-state index in [0.29, 0.717) is 0 Å². The normalized spacial score (nSPS) is 10.4. The molecule has 0 fully saturated rings. The summed E-state index contributed by atoms with van der Waals surface area (Å²) in [4.78, 5) is 10.7. The Morgan fingerprint density at radius 1 is 1.26 bits per heavy atom. The Labute approximate surface area is 127 Å². The molecule has 1 aromatic heterocycles. The first-order valence-electron chi connectivity index (χ1n) is 6.25. The molecule has 2 N–H and O–H groups in total. The Morgan fingerprint density at radius 2 is 2.00 bits per heavy atom. The first-order chi connectivity index (χ1) is 9.20. The van der Waals surface area contributed by atoms with Gasteiger partial charge >= 0.3 is 0 Å². The number of hydrogen-bond acceptors (Lipinski definition) is 4. The molecule has 19 heavy (non-hydrogen) atoms. The molecular weight excluding hydrogens is 351 g/mol. The molecule has 0 radical (unpaired) electrons. The van der Waals surface area contributed by atoms with Gasteiger partial charge in [-0.15, -0.1) is 0 Å². The van der Waals surface area contributed by atoms with Crippen molar-refractivity contribution in [2.75, 3.05) is 17.2 Å². The van der Waals surface area contributed by atoms with Crippen LogP contribution in [-0.2, 0) is 6.54 Å². The van der Waals surface area contributed by atoms with E-state index < -0.39 is 0 Å². The zero-order chi connectivity index (χ0) is 13.7. The van der Waals surface area contributed by atoms with Gasteiger partial charge in [-0.1, -0.05) is 19.1 Å². The van der Waals surface area contributed by atoms with E-state index in [1.165, 1.54) is 5.56 Å². The van der Waals surface area contributed by atoms with Crippen molar-refractivity contribution < 1.29 is 0 Å². The van der Waals surface area contributed by atoms with Gasteiger partial charge < -0.3 is 10.6 Å². The van der Waals surface area contributed by atoms with Crippen LogP contribution in [0.2, 0.25) is 0 Å². The molecule has 4 nitrogen and oxygen atoms in total. The number of nitrogens with two attached hydrogens (primary N) is 1. The summed E-state index contributed by atoms with van der Waals surface area (Å²) < 4.78 is 1.07. The van der Waals surface area contributed by atoms with Crippen molar-refractivity contribution in [1.82, 2.24) is 9.97 Å². The average molecular weight is 368 g/mol. The van der Waals surface area contributed by atoms with Crippen molar-refractivity contribution in [2.45, 2.75) is 19.9 Å². The van der Waals surface area contributed by atoms with E-state index in [2.05, 4.69) is 56.5 Å². The maximum atomic E-state index is 5.72. The molecule has 0 spiro atoms. The van der Waals surface area contributed by atoms with Crippen LogP contribution in [0.1, 0.15) is 18.9 Å². The Balaban J connectivity index is 2.21. The van der Waals surface area contributed by atoms with Crippen LogP contribution in [0.3, 0.4) is 0 Å². The van der Waals surface area contributed by atoms with E-state index in [-0.39, 0.29) is 0 Å². The van der Waals surface area contributed by atoms with Crippen LogP contribution in [0.25, 0.3) is 0 Å². The molecule has 0 aliphatic rings. The highest BCUT2D eigenvalue weighted by atomic mass is 127. The summed E-state index contributed by atoms with van der Waals surface area (Å²) in [5, 5.41) is 0. The third kappa shape index (κ3) is 3.79. The SMILES string of the molecule is CCCN(Cc1ccc(N)cc1)c1ncncc1I. The summed E-state index contributed by atoms with van der Waals surface area (Å²) in [7, 11) is 0. The minimum absolute atomic E-state index is 0.794. The highest BCUT2D eigenvalue weighted by Gasteiger charge is 2.11. The maximum absolute atomic E-state index is 5.72. The molecule has 5 heteroatoms. The van der Waals surface area contributed by atoms with Crippen LogP contribution < -0.4 is 10.6 Å². The van der Waals surface area contributed by atoms with Gasteiger partial charge in [0, 0.05) is 25.0 Å². The minimum atomic E-state index is 0.794. The summed E-state index contributed by atoms with van der Waals surface area (Å²) >= 11 is 2.28. The van der Waals surface area contributed by atoms with Gasteiger partial charge in [0.2, 0.25) is 0 Å². The van der Waals surface area contributed by atoms with E-state index in [1.54, 1.807) is 6.33 Å². The molecule has 0 unspecified atom stereocenters. The Hall–Kier alpha value is -1.37. The lowest BCUT2D eigenvalue weighted by molar-refractivity contribution is 0.750. The first-order valence-corrected chi connectivity index (χ1v) is 7.33. The van der Waals surface area contributed by atoms with Crippen LogP contribution in [0.4, 0.5) is 11.5 Å². The number of benzene rings is 1. The quantitative estimate of drug-likeness (QED) is 0.651. The van der Waals surface area contributed by atoms with Gasteiger partial charge in [0.25, 0.3) is 0 Å². The van der Waals surface area contributed by atoms with E-state index in [0.717, 1.165) is 34.6 Å². The summed E-state index contributed by atoms with van der Waals surface area (Å²) in [6.45, 7) is 3.97. The molecule has 1 heterocycles. The lowest BCUT2D eigenvalue weighted by Crippen LogP contribution is -2.25. The summed E-state index contributed by atoms with van der Waals surface area (Å²) in [6, 6.07) is 7.99. The average Bonchev–Trinajstić information content (AvgIpc) is 2.41. The zero-order valence-corrected chi connectivity index (χ0v) is 13.0. The molecule has 2 aromatic rings. The molecule has 0 amide bonds. The summed E-state index contributed by atoms with van der Waals surface area (Å²) in [5.41, 5.74) is 7.74. The van der Waals surface area contributed by atoms with E-state index in [4.69, 9.17) is 5.73 Å². The van der Waals surface area contributed by atoms with Gasteiger partial charge in [0.05, 0.1) is 3.57 Å². The number of nitrogens with zero attached hydrogens (tertiary/aromatic N) is 3. The van der Waals surface area contributed by atoms with Crippen LogP contribution in [0.5, 0.6) is 0 Å². The predicted octanol–water partition coefficient (Wildman–Crippen LogP) is 3.08. The van der Waals surface area contributed by atoms with Crippen molar-refractivity contribution in [3.05, 3.63) is 45.9 Å². The van der Waals surface area contributed by atoms with Gasteiger partial charge in [-0.3, -0.25) is 0 Å². The predicted molar refractivity (Wildman–Crippen MR) is 86.9 cm³/mol. The largest absolute Gasteiger partial charge is 0.399 e. The van der Waals surface area contributed by atoms with Gasteiger partial charge in [-0.25, -0.2) is 9.97 Å². The lowest BCUT2D eigenvalue weighted by Gasteiger charge is -2.24. The smallest absolute Gasteiger partial charge is 0.145 e. The maximum Gasteiger partial charge on any atom is 0.145 e. The molecule has 0 saturated carbocycles. The molecule has 0 atom stereocenters. The zero-order valence-electron chi connectivity index (χ0n) is 10.9. The molecule has 0 bridgehead atoms. The van der Waals surface area contributed by atoms with Crippen molar-refractivity contribution in [3.8, 4) is 0 Å². The molecule has 1 aromatic carbocycles. The number of hydrogen-bond donors (Lipinski definition) is 1. The monoisotopic (exact) mass is 368 g/mol. The second-order valence-electron chi connectivity index (χ2n) is 4.36. The number of anilines is 2. The number of rotatable bonds is 5. The molecule has 0 aliphatic heterocycles. The highest BCUT2D eigenvalue weighted by molar-refractivity contribution is 14.1. The third-order valence-electron chi connectivity index (χ3n) is 2.79. The van der Waals surface area contributed by atoms with Gasteiger partial charge in [0.1, 0.15) is 12.1 Å². The Morgan fingerprint density at radius 3 is 2.63 bits per heavy atom. The fourth-order valence-electron chi connectivity index (χ4n) is 1.91. The number of aromatic nitrogens is 2. The topological polar surface area (TPSA) is 55.0 Å². The summed E-state index contributed by atoms with van der Waals surface area (Å²) in [6.07, 6.45) is 4.52. The van der Waals surface area contributed by atoms with E-state index in [1.807, 2.05) is 18.3 Å². The third-order valence-corrected chi connectivity index (χ3v) is 3.56. The minimum Gasteiger partial charge on any atom is -0.399 e. The number of halogens is 1. The molecule has 2 rings (SSSR count). The van der Waals surface area contributed by atoms with Gasteiger partial charge in [0.15, 0.2) is 0 Å². The van der Waals surface area contributed by atoms with Crippen molar-refractivity contribution in [3.63, 3.8) is 0 Å². The summed E-state index contributed by atoms with van der Waals surface area (Å²) in [5.74, 6) is 0.995. The number of nitrogen functional groups attached to an aromatic ring is 1. The molecule has 100 valence electrons. The fraction of sp³-hybridized carbons (Fsp3) is 0.286. The van der Waals surface area contributed by atoms with Crippen LogP contribution in [0, 0.1) is 3.57 Å². The van der Waals surface area contributed by atoms with Crippen molar-refractivity contribution >= 4 is 34.1 Å². The van der Waals surface area contributed by atoms with Crippen LogP contribution in [-0.4, -0.2) is 16.5 Å². The highest BCUT2D eigenvalue weighted by Crippen LogP contribution is 2.21. The lowest BCUT2D eigenvalue weighted by atomic mass is 10.2. The van der Waals surface area contributed by atoms with Crippen LogP contribution >= 0.6 is 22.6 Å². The fourth-order valence-corrected chi connectivity index (χ4v) is 2.55. The standard InChI is InChI=1S/C14H17IN4/c1-2-7-19(14-13(15)8-17-10-18-14)9-11-3-5-12(16)6-4-11/h3-6,8,10H,2,7,9,16H2,1H3. The second-order valence-corrected chi connectivity index (χ2v) is 5.52.